The molecule has 2 aromatic rings. The maximum atomic E-state index is 9.74. The van der Waals surface area contributed by atoms with Gasteiger partial charge in [0.1, 0.15) is 24.6 Å². The molecule has 2 rings (SSSR count). The molecule has 0 amide bonds. The Labute approximate surface area is 117 Å². The Morgan fingerprint density at radius 1 is 0.900 bits per heavy atom. The molecule has 0 bridgehead atoms. The molecule has 0 saturated heterocycles. The summed E-state index contributed by atoms with van der Waals surface area (Å²) >= 11 is 0. The van der Waals surface area contributed by atoms with E-state index in [1.165, 1.54) is 0 Å². The summed E-state index contributed by atoms with van der Waals surface area (Å²) in [7, 11) is 0. The topological polar surface area (TPSA) is 69.9 Å². The smallest absolute Gasteiger partial charge is 0.119 e. The molecule has 0 aliphatic carbocycles. The van der Waals surface area contributed by atoms with E-state index in [-0.39, 0.29) is 0 Å². The SMILES string of the molecule is OCC(O)C(O)c1ccc(OCc2ccccc2)cc1. The van der Waals surface area contributed by atoms with Crippen LogP contribution in [0.15, 0.2) is 54.6 Å². The van der Waals surface area contributed by atoms with Crippen LogP contribution in [0.2, 0.25) is 0 Å². The number of hydrogen-bond acceptors (Lipinski definition) is 4. The van der Waals surface area contributed by atoms with Crippen molar-refractivity contribution >= 4 is 0 Å². The average molecular weight is 274 g/mol. The Hall–Kier alpha value is -1.88. The number of benzene rings is 2. The van der Waals surface area contributed by atoms with Gasteiger partial charge in [-0.15, -0.1) is 0 Å². The Kier molecular flexibility index (Phi) is 5.12. The lowest BCUT2D eigenvalue weighted by atomic mass is 10.1. The van der Waals surface area contributed by atoms with Crippen LogP contribution in [-0.2, 0) is 6.61 Å². The van der Waals surface area contributed by atoms with E-state index in [4.69, 9.17) is 9.84 Å². The third-order valence-electron chi connectivity index (χ3n) is 3.02. The molecule has 2 atom stereocenters. The average Bonchev–Trinajstić information content (AvgIpc) is 2.53. The Morgan fingerprint density at radius 2 is 1.55 bits per heavy atom. The Morgan fingerprint density at radius 3 is 2.15 bits per heavy atom. The number of aliphatic hydroxyl groups excluding tert-OH is 3. The lowest BCUT2D eigenvalue weighted by Gasteiger charge is -2.16. The zero-order valence-electron chi connectivity index (χ0n) is 11.0. The van der Waals surface area contributed by atoms with Crippen molar-refractivity contribution in [1.82, 2.24) is 0 Å². The van der Waals surface area contributed by atoms with E-state index in [0.717, 1.165) is 5.56 Å². The van der Waals surface area contributed by atoms with Gasteiger partial charge in [0.2, 0.25) is 0 Å². The van der Waals surface area contributed by atoms with Gasteiger partial charge in [-0.2, -0.15) is 0 Å². The third kappa shape index (κ3) is 3.81. The summed E-state index contributed by atoms with van der Waals surface area (Å²) in [6.07, 6.45) is -2.27. The lowest BCUT2D eigenvalue weighted by Crippen LogP contribution is -2.21. The second-order valence-corrected chi connectivity index (χ2v) is 4.54. The standard InChI is InChI=1S/C16H18O4/c17-10-15(18)16(19)13-6-8-14(9-7-13)20-11-12-4-2-1-3-5-12/h1-9,15-19H,10-11H2. The van der Waals surface area contributed by atoms with Crippen LogP contribution in [0.25, 0.3) is 0 Å². The maximum absolute atomic E-state index is 9.74. The van der Waals surface area contributed by atoms with Gasteiger partial charge in [0.05, 0.1) is 6.61 Å². The van der Waals surface area contributed by atoms with E-state index in [0.29, 0.717) is 17.9 Å². The minimum Gasteiger partial charge on any atom is -0.489 e. The van der Waals surface area contributed by atoms with Crippen molar-refractivity contribution < 1.29 is 20.1 Å². The van der Waals surface area contributed by atoms with E-state index in [1.54, 1.807) is 24.3 Å². The van der Waals surface area contributed by atoms with E-state index in [1.807, 2.05) is 30.3 Å². The summed E-state index contributed by atoms with van der Waals surface area (Å²) in [4.78, 5) is 0. The van der Waals surface area contributed by atoms with Gasteiger partial charge in [0, 0.05) is 0 Å². The molecule has 3 N–H and O–H groups in total. The summed E-state index contributed by atoms with van der Waals surface area (Å²) in [6, 6.07) is 16.6. The fraction of sp³-hybridized carbons (Fsp3) is 0.250. The lowest BCUT2D eigenvalue weighted by molar-refractivity contribution is -0.0152. The Balaban J connectivity index is 1.95. The van der Waals surface area contributed by atoms with E-state index in [2.05, 4.69) is 0 Å². The van der Waals surface area contributed by atoms with Gasteiger partial charge < -0.3 is 20.1 Å². The summed E-state index contributed by atoms with van der Waals surface area (Å²) in [6.45, 7) is -0.00453. The van der Waals surface area contributed by atoms with Crippen molar-refractivity contribution in [2.45, 2.75) is 18.8 Å². The van der Waals surface area contributed by atoms with E-state index < -0.39 is 18.8 Å². The second kappa shape index (κ2) is 7.05. The first-order valence-corrected chi connectivity index (χ1v) is 6.44. The maximum Gasteiger partial charge on any atom is 0.119 e. The molecule has 20 heavy (non-hydrogen) atoms. The molecule has 0 radical (unpaired) electrons. The molecule has 0 aromatic heterocycles. The van der Waals surface area contributed by atoms with Gasteiger partial charge in [-0.3, -0.25) is 0 Å². The molecule has 0 aliphatic heterocycles. The molecule has 2 aromatic carbocycles. The largest absolute Gasteiger partial charge is 0.489 e. The van der Waals surface area contributed by atoms with Gasteiger partial charge in [0.15, 0.2) is 0 Å². The van der Waals surface area contributed by atoms with Crippen molar-refractivity contribution in [2.24, 2.45) is 0 Å². The first-order chi connectivity index (χ1) is 9.70. The second-order valence-electron chi connectivity index (χ2n) is 4.54. The van der Waals surface area contributed by atoms with Crippen LogP contribution in [0.4, 0.5) is 0 Å². The quantitative estimate of drug-likeness (QED) is 0.749. The van der Waals surface area contributed by atoms with Crippen LogP contribution in [0.5, 0.6) is 5.75 Å². The zero-order chi connectivity index (χ0) is 14.4. The van der Waals surface area contributed by atoms with E-state index >= 15 is 0 Å². The molecule has 106 valence electrons. The number of ether oxygens (including phenoxy) is 1. The van der Waals surface area contributed by atoms with Gasteiger partial charge >= 0.3 is 0 Å². The molecule has 0 spiro atoms. The highest BCUT2D eigenvalue weighted by atomic mass is 16.5. The monoisotopic (exact) mass is 274 g/mol. The van der Waals surface area contributed by atoms with Crippen molar-refractivity contribution in [1.29, 1.82) is 0 Å². The molecule has 0 heterocycles. The molecule has 0 fully saturated rings. The summed E-state index contributed by atoms with van der Waals surface area (Å²) < 4.78 is 5.62. The van der Waals surface area contributed by atoms with Gasteiger partial charge in [0.25, 0.3) is 0 Å². The molecular weight excluding hydrogens is 256 g/mol. The van der Waals surface area contributed by atoms with Crippen molar-refractivity contribution in [3.8, 4) is 5.75 Å². The van der Waals surface area contributed by atoms with Gasteiger partial charge in [-0.1, -0.05) is 42.5 Å². The number of hydrogen-bond donors (Lipinski definition) is 3. The van der Waals surface area contributed by atoms with E-state index in [9.17, 15) is 10.2 Å². The van der Waals surface area contributed by atoms with Crippen LogP contribution < -0.4 is 4.74 Å². The van der Waals surface area contributed by atoms with Crippen LogP contribution >= 0.6 is 0 Å². The predicted octanol–water partition coefficient (Wildman–Crippen LogP) is 1.65. The van der Waals surface area contributed by atoms with Crippen LogP contribution in [0, 0.1) is 0 Å². The van der Waals surface area contributed by atoms with Crippen LogP contribution in [0.1, 0.15) is 17.2 Å². The third-order valence-corrected chi connectivity index (χ3v) is 3.02. The first-order valence-electron chi connectivity index (χ1n) is 6.44. The molecule has 4 heteroatoms. The Bertz CT molecular complexity index is 510. The highest BCUT2D eigenvalue weighted by Crippen LogP contribution is 2.21. The fourth-order valence-electron chi connectivity index (χ4n) is 1.82. The van der Waals surface area contributed by atoms with Gasteiger partial charge in [-0.05, 0) is 23.3 Å². The first kappa shape index (κ1) is 14.5. The number of aliphatic hydroxyl groups is 3. The minimum absolute atomic E-state index is 0.474. The van der Waals surface area contributed by atoms with Crippen molar-refractivity contribution in [3.05, 3.63) is 65.7 Å². The van der Waals surface area contributed by atoms with Crippen molar-refractivity contribution in [3.63, 3.8) is 0 Å². The summed E-state index contributed by atoms with van der Waals surface area (Å²) in [5.74, 6) is 0.684. The predicted molar refractivity (Wildman–Crippen MR) is 75.3 cm³/mol. The number of rotatable bonds is 6. The molecule has 4 nitrogen and oxygen atoms in total. The van der Waals surface area contributed by atoms with Crippen LogP contribution in [-0.4, -0.2) is 28.0 Å². The normalized spacial score (nSPS) is 13.8. The fourth-order valence-corrected chi connectivity index (χ4v) is 1.82. The van der Waals surface area contributed by atoms with Crippen LogP contribution in [0.3, 0.4) is 0 Å². The highest BCUT2D eigenvalue weighted by molar-refractivity contribution is 5.29. The molecular formula is C16H18O4. The molecule has 2 unspecified atom stereocenters. The molecule has 0 aliphatic rings. The highest BCUT2D eigenvalue weighted by Gasteiger charge is 2.16. The summed E-state index contributed by atoms with van der Waals surface area (Å²) in [5.41, 5.74) is 1.62. The minimum atomic E-state index is -1.17. The van der Waals surface area contributed by atoms with Gasteiger partial charge in [-0.25, -0.2) is 0 Å². The molecule has 0 saturated carbocycles. The van der Waals surface area contributed by atoms with Crippen molar-refractivity contribution in [2.75, 3.05) is 6.61 Å². The summed E-state index contributed by atoms with van der Waals surface area (Å²) in [5, 5.41) is 27.9. The zero-order valence-corrected chi connectivity index (χ0v) is 11.0.